The van der Waals surface area contributed by atoms with Crippen molar-refractivity contribution in [3.8, 4) is 23.0 Å². The molecular weight excluding hydrogens is 544 g/mol. The third kappa shape index (κ3) is 4.07. The first-order valence-corrected chi connectivity index (χ1v) is 14.0. The van der Waals surface area contributed by atoms with E-state index < -0.39 is 5.41 Å². The number of methoxy groups -OCH3 is 4. The van der Waals surface area contributed by atoms with Gasteiger partial charge in [0.2, 0.25) is 5.76 Å². The monoisotopic (exact) mass is 574 g/mol. The average molecular weight is 575 g/mol. The molecule has 0 aromatic heterocycles. The minimum atomic E-state index is -0.664. The third-order valence-corrected chi connectivity index (χ3v) is 8.46. The van der Waals surface area contributed by atoms with Crippen molar-refractivity contribution in [3.63, 3.8) is 0 Å². The topological polar surface area (TPSA) is 72.5 Å². The Bertz CT molecular complexity index is 1860. The molecule has 216 valence electrons. The van der Waals surface area contributed by atoms with Crippen LogP contribution in [0.2, 0.25) is 0 Å². The summed E-state index contributed by atoms with van der Waals surface area (Å²) in [5.74, 6) is 3.36. The first-order valence-electron chi connectivity index (χ1n) is 14.0. The lowest BCUT2D eigenvalue weighted by atomic mass is 9.70. The fourth-order valence-corrected chi connectivity index (χ4v) is 6.32. The largest absolute Gasteiger partial charge is 0.497 e. The molecule has 7 heteroatoms. The van der Waals surface area contributed by atoms with E-state index >= 15 is 0 Å². The van der Waals surface area contributed by atoms with Gasteiger partial charge in [-0.2, -0.15) is 0 Å². The van der Waals surface area contributed by atoms with E-state index in [1.54, 1.807) is 21.3 Å². The van der Waals surface area contributed by atoms with E-state index in [4.69, 9.17) is 28.4 Å². The predicted octanol–water partition coefficient (Wildman–Crippen LogP) is 4.81. The van der Waals surface area contributed by atoms with Gasteiger partial charge in [0.15, 0.2) is 11.5 Å². The van der Waals surface area contributed by atoms with Gasteiger partial charge in [0, 0.05) is 28.3 Å². The number of Topliss-reactive ketones (excluding diaryl/α,β-unsaturated/α-hetero) is 1. The maximum Gasteiger partial charge on any atom is 0.328 e. The zero-order valence-electron chi connectivity index (χ0n) is 24.4. The average Bonchev–Trinajstić information content (AvgIpc) is 3.07. The van der Waals surface area contributed by atoms with Crippen LogP contribution in [0.5, 0.6) is 23.0 Å². The molecule has 0 N–H and O–H groups in total. The Hall–Kier alpha value is -5.17. The summed E-state index contributed by atoms with van der Waals surface area (Å²) in [4.78, 5) is 13.3. The quantitative estimate of drug-likeness (QED) is 0.419. The van der Waals surface area contributed by atoms with Crippen molar-refractivity contribution in [2.45, 2.75) is 11.8 Å². The van der Waals surface area contributed by atoms with Gasteiger partial charge in [-0.25, -0.2) is 0 Å². The molecule has 0 atom stereocenters. The first kappa shape index (κ1) is 26.7. The lowest BCUT2D eigenvalue weighted by Crippen LogP contribution is -2.40. The van der Waals surface area contributed by atoms with Crippen LogP contribution in [0.3, 0.4) is 0 Å². The molecule has 4 aliphatic rings. The summed E-state index contributed by atoms with van der Waals surface area (Å²) in [5.41, 5.74) is 4.40. The number of ketones is 1. The molecule has 0 radical (unpaired) electrons. The van der Waals surface area contributed by atoms with E-state index in [-0.39, 0.29) is 11.7 Å². The second kappa shape index (κ2) is 10.3. The smallest absolute Gasteiger partial charge is 0.328 e. The van der Waals surface area contributed by atoms with Gasteiger partial charge in [-0.15, -0.1) is 0 Å². The summed E-state index contributed by atoms with van der Waals surface area (Å²) in [6, 6.07) is 16.1. The number of benzene rings is 3. The van der Waals surface area contributed by atoms with Gasteiger partial charge in [0.05, 0.1) is 39.4 Å². The van der Waals surface area contributed by atoms with Crippen LogP contribution in [0.4, 0.5) is 0 Å². The SMILES string of the molecule is COC1=C(OC)Oc2c3c(c4c(c2=C1)=CC(c1ccc(OC)cc1)(c1ccc(OC)cc1)C=C4)OCC1=C3C(=O)CC=C1. The Morgan fingerprint density at radius 3 is 2.05 bits per heavy atom. The van der Waals surface area contributed by atoms with Crippen molar-refractivity contribution in [3.05, 3.63) is 117 Å². The van der Waals surface area contributed by atoms with Crippen LogP contribution in [0.15, 0.2) is 84.0 Å². The molecule has 7 nitrogen and oxygen atoms in total. The normalized spacial score (nSPS) is 17.3. The molecule has 2 aliphatic carbocycles. The van der Waals surface area contributed by atoms with E-state index in [0.29, 0.717) is 41.4 Å². The number of hydrogen-bond donors (Lipinski definition) is 0. The highest BCUT2D eigenvalue weighted by atomic mass is 16.7. The van der Waals surface area contributed by atoms with Crippen LogP contribution in [-0.4, -0.2) is 40.8 Å². The third-order valence-electron chi connectivity index (χ3n) is 8.46. The van der Waals surface area contributed by atoms with Gasteiger partial charge in [-0.3, -0.25) is 4.79 Å². The molecule has 0 saturated heterocycles. The minimum absolute atomic E-state index is 0.0304. The molecule has 0 amide bonds. The van der Waals surface area contributed by atoms with Gasteiger partial charge in [0.25, 0.3) is 0 Å². The highest BCUT2D eigenvalue weighted by Gasteiger charge is 2.38. The second-order valence-electron chi connectivity index (χ2n) is 10.6. The molecule has 0 bridgehead atoms. The number of ether oxygens (including phenoxy) is 6. The fraction of sp³-hybridized carbons (Fsp3) is 0.194. The second-order valence-corrected chi connectivity index (χ2v) is 10.6. The highest BCUT2D eigenvalue weighted by Crippen LogP contribution is 2.46. The minimum Gasteiger partial charge on any atom is -0.497 e. The van der Waals surface area contributed by atoms with Crippen LogP contribution in [0.25, 0.3) is 23.8 Å². The van der Waals surface area contributed by atoms with Crippen molar-refractivity contribution in [2.75, 3.05) is 35.0 Å². The molecule has 3 aromatic rings. The summed E-state index contributed by atoms with van der Waals surface area (Å²) < 4.78 is 35.0. The van der Waals surface area contributed by atoms with Crippen molar-refractivity contribution < 1.29 is 33.2 Å². The maximum atomic E-state index is 13.3. The Morgan fingerprint density at radius 1 is 0.767 bits per heavy atom. The van der Waals surface area contributed by atoms with Gasteiger partial charge >= 0.3 is 5.95 Å². The van der Waals surface area contributed by atoms with E-state index in [0.717, 1.165) is 44.2 Å². The number of carbonyl (C=O) groups excluding carboxylic acids is 1. The molecule has 2 heterocycles. The van der Waals surface area contributed by atoms with Gasteiger partial charge in [-0.1, -0.05) is 54.6 Å². The van der Waals surface area contributed by atoms with Crippen LogP contribution < -0.4 is 29.4 Å². The number of hydrogen-bond acceptors (Lipinski definition) is 7. The van der Waals surface area contributed by atoms with Crippen molar-refractivity contribution in [1.82, 2.24) is 0 Å². The highest BCUT2D eigenvalue weighted by molar-refractivity contribution is 6.25. The molecule has 0 unspecified atom stereocenters. The van der Waals surface area contributed by atoms with E-state index in [1.165, 1.54) is 7.11 Å². The number of allylic oxidation sites excluding steroid dienone is 4. The Labute approximate surface area is 249 Å². The van der Waals surface area contributed by atoms with Crippen LogP contribution in [-0.2, 0) is 19.7 Å². The van der Waals surface area contributed by atoms with Gasteiger partial charge < -0.3 is 28.4 Å². The zero-order chi connectivity index (χ0) is 29.7. The number of rotatable bonds is 6. The van der Waals surface area contributed by atoms with Gasteiger partial charge in [-0.05, 0) is 46.7 Å². The standard InChI is InChI=1S/C36H30O7/c1-38-24-12-8-22(9-13-24)36(23-10-14-25(39-2)15-11-23)17-16-26-28(19-36)27-18-30(40-3)35(41-4)43-34(27)32-31-21(20-42-33(26)32)6-5-7-29(31)37/h5-6,8-19H,7,20H2,1-4H3. The predicted molar refractivity (Wildman–Crippen MR) is 163 cm³/mol. The van der Waals surface area contributed by atoms with Crippen molar-refractivity contribution in [2.24, 2.45) is 0 Å². The number of fused-ring (bicyclic) bond motifs is 7. The zero-order valence-corrected chi connectivity index (χ0v) is 24.4. The molecular formula is C36H30O7. The fourth-order valence-electron chi connectivity index (χ4n) is 6.32. The Morgan fingerprint density at radius 2 is 1.44 bits per heavy atom. The molecule has 43 heavy (non-hydrogen) atoms. The summed E-state index contributed by atoms with van der Waals surface area (Å²) in [6.07, 6.45) is 12.6. The van der Waals surface area contributed by atoms with Crippen LogP contribution >= 0.6 is 0 Å². The Kier molecular flexibility index (Phi) is 6.38. The molecule has 0 fully saturated rings. The Balaban J connectivity index is 1.59. The van der Waals surface area contributed by atoms with Crippen molar-refractivity contribution in [1.29, 1.82) is 0 Å². The summed E-state index contributed by atoms with van der Waals surface area (Å²) >= 11 is 0. The van der Waals surface area contributed by atoms with E-state index in [1.807, 2.05) is 42.5 Å². The maximum absolute atomic E-state index is 13.3. The first-order chi connectivity index (χ1) is 21.0. The van der Waals surface area contributed by atoms with Crippen LogP contribution in [0.1, 0.15) is 28.7 Å². The lowest BCUT2D eigenvalue weighted by molar-refractivity contribution is -0.113. The molecule has 3 aromatic carbocycles. The van der Waals surface area contributed by atoms with Crippen LogP contribution in [0, 0.1) is 0 Å². The van der Waals surface area contributed by atoms with Gasteiger partial charge in [0.1, 0.15) is 23.9 Å². The molecule has 7 rings (SSSR count). The molecule has 2 aliphatic heterocycles. The van der Waals surface area contributed by atoms with Crippen molar-refractivity contribution >= 4 is 29.6 Å². The number of carbonyl (C=O) groups is 1. The summed E-state index contributed by atoms with van der Waals surface area (Å²) in [7, 11) is 6.42. The molecule has 0 spiro atoms. The van der Waals surface area contributed by atoms with E-state index in [2.05, 4.69) is 42.5 Å². The summed E-state index contributed by atoms with van der Waals surface area (Å²) in [6.45, 7) is 0.297. The molecule has 0 saturated carbocycles. The lowest BCUT2D eigenvalue weighted by Gasteiger charge is -2.34. The van der Waals surface area contributed by atoms with E-state index in [9.17, 15) is 4.79 Å². The summed E-state index contributed by atoms with van der Waals surface area (Å²) in [5, 5.41) is 1.68.